The van der Waals surface area contributed by atoms with Gasteiger partial charge in [-0.3, -0.25) is 4.79 Å². The lowest BCUT2D eigenvalue weighted by Crippen LogP contribution is -2.43. The van der Waals surface area contributed by atoms with Crippen LogP contribution in [0.2, 0.25) is 0 Å². The predicted molar refractivity (Wildman–Crippen MR) is 122 cm³/mol. The van der Waals surface area contributed by atoms with Crippen LogP contribution in [0.15, 0.2) is 52.3 Å². The quantitative estimate of drug-likeness (QED) is 0.542. The Kier molecular flexibility index (Phi) is 6.26. The number of anilines is 1. The number of benzene rings is 2. The van der Waals surface area contributed by atoms with E-state index in [0.717, 1.165) is 32.1 Å². The van der Waals surface area contributed by atoms with Crippen LogP contribution >= 0.6 is 11.3 Å². The van der Waals surface area contributed by atoms with Gasteiger partial charge in [0.2, 0.25) is 26.0 Å². The summed E-state index contributed by atoms with van der Waals surface area (Å²) in [6, 6.07) is 8.01. The fraction of sp³-hybridized carbons (Fsp3) is 0.300. The molecule has 9 nitrogen and oxygen atoms in total. The number of carbonyl (C=O) groups is 1. The molecule has 1 aromatic heterocycles. The number of fused-ring (bicyclic) bond motifs is 1. The van der Waals surface area contributed by atoms with E-state index >= 15 is 0 Å². The average Bonchev–Trinajstić information content (AvgIpc) is 3.40. The minimum Gasteiger partial charge on any atom is -0.301 e. The number of hydrogen-bond acceptors (Lipinski definition) is 7. The number of nitrogens with one attached hydrogen (secondary N) is 1. The van der Waals surface area contributed by atoms with E-state index in [0.29, 0.717) is 23.1 Å². The number of halogens is 1. The summed E-state index contributed by atoms with van der Waals surface area (Å²) >= 11 is 1.10. The second-order valence-corrected chi connectivity index (χ2v) is 12.7. The van der Waals surface area contributed by atoms with Crippen molar-refractivity contribution in [3.05, 3.63) is 48.3 Å². The molecule has 1 saturated heterocycles. The molecule has 1 aliphatic heterocycles. The van der Waals surface area contributed by atoms with Crippen molar-refractivity contribution in [3.8, 4) is 0 Å². The van der Waals surface area contributed by atoms with Crippen molar-refractivity contribution in [1.82, 2.24) is 13.6 Å². The molecule has 3 aromatic rings. The Labute approximate surface area is 194 Å². The van der Waals surface area contributed by atoms with Crippen LogP contribution in [-0.2, 0) is 24.8 Å². The highest BCUT2D eigenvalue weighted by atomic mass is 32.2. The molecule has 0 radical (unpaired) electrons. The Hall–Kier alpha value is -2.45. The molecule has 0 aliphatic carbocycles. The van der Waals surface area contributed by atoms with Crippen LogP contribution < -0.4 is 5.32 Å². The van der Waals surface area contributed by atoms with E-state index in [4.69, 9.17) is 0 Å². The first-order valence-electron chi connectivity index (χ1n) is 9.91. The molecule has 1 unspecified atom stereocenters. The van der Waals surface area contributed by atoms with Gasteiger partial charge in [-0.2, -0.15) is 4.31 Å². The minimum atomic E-state index is -3.98. The van der Waals surface area contributed by atoms with E-state index in [-0.39, 0.29) is 21.5 Å². The number of amides is 1. The lowest BCUT2D eigenvalue weighted by atomic mass is 10.2. The molecular weight excluding hydrogens is 491 g/mol. The maximum Gasteiger partial charge on any atom is 0.244 e. The molecule has 1 fully saturated rings. The second kappa shape index (κ2) is 8.72. The van der Waals surface area contributed by atoms with E-state index in [1.165, 1.54) is 38.4 Å². The number of rotatable bonds is 6. The Morgan fingerprint density at radius 1 is 1.12 bits per heavy atom. The standard InChI is InChI=1S/C20H21FN4O5S3/c1-24(2)32(27,28)15-9-10-16-18(12-15)31-20(22-16)23-19(26)17-4-3-11-25(17)33(29,30)14-7-5-13(21)6-8-14/h5-10,12,17H,3-4,11H2,1-2H3,(H,22,23,26). The summed E-state index contributed by atoms with van der Waals surface area (Å²) < 4.78 is 66.7. The number of hydrogen-bond donors (Lipinski definition) is 1. The molecule has 4 rings (SSSR count). The number of thiazole rings is 1. The van der Waals surface area contributed by atoms with Gasteiger partial charge in [0.1, 0.15) is 11.9 Å². The van der Waals surface area contributed by atoms with Gasteiger partial charge < -0.3 is 5.32 Å². The lowest BCUT2D eigenvalue weighted by Gasteiger charge is -2.23. The van der Waals surface area contributed by atoms with Crippen molar-refractivity contribution in [2.24, 2.45) is 0 Å². The monoisotopic (exact) mass is 512 g/mol. The molecule has 1 atom stereocenters. The van der Waals surface area contributed by atoms with Gasteiger partial charge in [-0.05, 0) is 55.3 Å². The maximum absolute atomic E-state index is 13.2. The molecule has 2 aromatic carbocycles. The molecule has 0 spiro atoms. The van der Waals surface area contributed by atoms with Gasteiger partial charge in [-0.15, -0.1) is 0 Å². The summed E-state index contributed by atoms with van der Waals surface area (Å²) in [5.41, 5.74) is 0.509. The van der Waals surface area contributed by atoms with E-state index < -0.39 is 37.8 Å². The molecule has 2 heterocycles. The van der Waals surface area contributed by atoms with E-state index in [1.54, 1.807) is 6.07 Å². The topological polar surface area (TPSA) is 117 Å². The summed E-state index contributed by atoms with van der Waals surface area (Å²) in [6.45, 7) is 0.170. The van der Waals surface area contributed by atoms with Crippen molar-refractivity contribution < 1.29 is 26.0 Å². The van der Waals surface area contributed by atoms with Gasteiger partial charge in [0.15, 0.2) is 5.13 Å². The Morgan fingerprint density at radius 2 is 1.79 bits per heavy atom. The molecule has 33 heavy (non-hydrogen) atoms. The third-order valence-corrected chi connectivity index (χ3v) is 9.96. The normalized spacial score (nSPS) is 17.6. The maximum atomic E-state index is 13.2. The Bertz CT molecular complexity index is 1420. The summed E-state index contributed by atoms with van der Waals surface area (Å²) in [5.74, 6) is -1.08. The molecule has 1 aliphatic rings. The lowest BCUT2D eigenvalue weighted by molar-refractivity contribution is -0.119. The van der Waals surface area contributed by atoms with Crippen molar-refractivity contribution in [3.63, 3.8) is 0 Å². The van der Waals surface area contributed by atoms with Crippen LogP contribution in [-0.4, -0.2) is 63.0 Å². The Morgan fingerprint density at radius 3 is 2.45 bits per heavy atom. The molecule has 176 valence electrons. The number of carbonyl (C=O) groups excluding carboxylic acids is 1. The van der Waals surface area contributed by atoms with Gasteiger partial charge in [0.05, 0.1) is 20.0 Å². The first-order chi connectivity index (χ1) is 15.5. The van der Waals surface area contributed by atoms with Crippen LogP contribution in [0.25, 0.3) is 10.2 Å². The highest BCUT2D eigenvalue weighted by Crippen LogP contribution is 2.31. The first-order valence-corrected chi connectivity index (χ1v) is 13.6. The molecule has 1 N–H and O–H groups in total. The molecular formula is C20H21FN4O5S3. The smallest absolute Gasteiger partial charge is 0.244 e. The van der Waals surface area contributed by atoms with Gasteiger partial charge in [0.25, 0.3) is 0 Å². The summed E-state index contributed by atoms with van der Waals surface area (Å²) in [4.78, 5) is 17.3. The summed E-state index contributed by atoms with van der Waals surface area (Å²) in [5, 5.41) is 2.90. The van der Waals surface area contributed by atoms with Gasteiger partial charge in [-0.1, -0.05) is 11.3 Å². The van der Waals surface area contributed by atoms with Gasteiger partial charge in [0, 0.05) is 20.6 Å². The average molecular weight is 513 g/mol. The predicted octanol–water partition coefficient (Wildman–Crippen LogP) is 2.48. The van der Waals surface area contributed by atoms with Crippen LogP contribution in [0.5, 0.6) is 0 Å². The Balaban J connectivity index is 1.56. The van der Waals surface area contributed by atoms with E-state index in [2.05, 4.69) is 10.3 Å². The number of aromatic nitrogens is 1. The van der Waals surface area contributed by atoms with Crippen molar-refractivity contribution in [2.75, 3.05) is 26.0 Å². The summed E-state index contributed by atoms with van der Waals surface area (Å²) in [6.07, 6.45) is 0.840. The zero-order valence-corrected chi connectivity index (χ0v) is 20.2. The summed E-state index contributed by atoms with van der Waals surface area (Å²) in [7, 11) is -4.73. The van der Waals surface area contributed by atoms with Crippen molar-refractivity contribution >= 4 is 52.6 Å². The molecule has 0 bridgehead atoms. The van der Waals surface area contributed by atoms with Gasteiger partial charge >= 0.3 is 0 Å². The van der Waals surface area contributed by atoms with Crippen LogP contribution in [0, 0.1) is 5.82 Å². The fourth-order valence-corrected chi connectivity index (χ4v) is 7.12. The molecule has 1 amide bonds. The number of nitrogens with zero attached hydrogens (tertiary/aromatic N) is 3. The van der Waals surface area contributed by atoms with Gasteiger partial charge in [-0.25, -0.2) is 30.5 Å². The highest BCUT2D eigenvalue weighted by molar-refractivity contribution is 7.89. The van der Waals surface area contributed by atoms with E-state index in [9.17, 15) is 26.0 Å². The molecule has 0 saturated carbocycles. The number of sulfonamides is 2. The molecule has 13 heteroatoms. The third kappa shape index (κ3) is 4.51. The third-order valence-electron chi connectivity index (χ3n) is 5.30. The fourth-order valence-electron chi connectivity index (χ4n) is 3.55. The zero-order valence-electron chi connectivity index (χ0n) is 17.7. The van der Waals surface area contributed by atoms with Crippen molar-refractivity contribution in [2.45, 2.75) is 28.7 Å². The largest absolute Gasteiger partial charge is 0.301 e. The zero-order chi connectivity index (χ0) is 24.0. The minimum absolute atomic E-state index is 0.0850. The van der Waals surface area contributed by atoms with Crippen molar-refractivity contribution in [1.29, 1.82) is 0 Å². The van der Waals surface area contributed by atoms with Crippen LogP contribution in [0.4, 0.5) is 9.52 Å². The SMILES string of the molecule is CN(C)S(=O)(=O)c1ccc2nc(NC(=O)C3CCCN3S(=O)(=O)c3ccc(F)cc3)sc2c1. The van der Waals surface area contributed by atoms with Crippen LogP contribution in [0.3, 0.4) is 0 Å². The second-order valence-electron chi connectivity index (χ2n) is 7.65. The van der Waals surface area contributed by atoms with Crippen LogP contribution in [0.1, 0.15) is 12.8 Å². The first kappa shape index (κ1) is 23.7. The highest BCUT2D eigenvalue weighted by Gasteiger charge is 2.39. The van der Waals surface area contributed by atoms with E-state index in [1.807, 2.05) is 0 Å².